The maximum atomic E-state index is 13.8. The highest BCUT2D eigenvalue weighted by molar-refractivity contribution is 5.97. The predicted molar refractivity (Wildman–Crippen MR) is 62.2 cm³/mol. The lowest BCUT2D eigenvalue weighted by atomic mass is 9.99. The summed E-state index contributed by atoms with van der Waals surface area (Å²) in [5.41, 5.74) is 0.679. The van der Waals surface area contributed by atoms with Crippen LogP contribution in [0.3, 0.4) is 0 Å². The van der Waals surface area contributed by atoms with Crippen molar-refractivity contribution in [2.45, 2.75) is 6.92 Å². The van der Waals surface area contributed by atoms with Crippen LogP contribution < -0.4 is 0 Å². The standard InChI is InChI=1S/C13H11F2NO2/c1-7-10(14)3-4-11(15)12(7)8-5-16-6-9(8)13(17)18-2/h3-6,16H,1-2H3. The Balaban J connectivity index is 2.67. The topological polar surface area (TPSA) is 42.1 Å². The minimum absolute atomic E-state index is 0.0663. The molecular formula is C13H11F2NO2. The molecule has 0 atom stereocenters. The van der Waals surface area contributed by atoms with Gasteiger partial charge in [-0.1, -0.05) is 0 Å². The highest BCUT2D eigenvalue weighted by Gasteiger charge is 2.20. The van der Waals surface area contributed by atoms with Crippen LogP contribution >= 0.6 is 0 Å². The highest BCUT2D eigenvalue weighted by Crippen LogP contribution is 2.31. The summed E-state index contributed by atoms with van der Waals surface area (Å²) in [4.78, 5) is 14.2. The molecule has 0 amide bonds. The van der Waals surface area contributed by atoms with Gasteiger partial charge < -0.3 is 9.72 Å². The molecular weight excluding hydrogens is 240 g/mol. The molecule has 0 spiro atoms. The van der Waals surface area contributed by atoms with Crippen molar-refractivity contribution >= 4 is 5.97 Å². The summed E-state index contributed by atoms with van der Waals surface area (Å²) in [5, 5.41) is 0. The van der Waals surface area contributed by atoms with E-state index in [0.29, 0.717) is 0 Å². The molecule has 1 N–H and O–H groups in total. The molecule has 1 heterocycles. The van der Waals surface area contributed by atoms with E-state index in [0.717, 1.165) is 12.1 Å². The van der Waals surface area contributed by atoms with Gasteiger partial charge in [-0.25, -0.2) is 13.6 Å². The quantitative estimate of drug-likeness (QED) is 0.833. The van der Waals surface area contributed by atoms with Crippen LogP contribution in [0.1, 0.15) is 15.9 Å². The minimum Gasteiger partial charge on any atom is -0.465 e. The number of H-pyrrole nitrogens is 1. The van der Waals surface area contributed by atoms with Crippen molar-refractivity contribution in [3.8, 4) is 11.1 Å². The van der Waals surface area contributed by atoms with E-state index in [1.165, 1.54) is 26.4 Å². The zero-order valence-corrected chi connectivity index (χ0v) is 9.88. The molecule has 3 nitrogen and oxygen atoms in total. The van der Waals surface area contributed by atoms with Gasteiger partial charge in [0.15, 0.2) is 0 Å². The van der Waals surface area contributed by atoms with Crippen LogP contribution in [0.2, 0.25) is 0 Å². The average molecular weight is 251 g/mol. The molecule has 0 saturated carbocycles. The summed E-state index contributed by atoms with van der Waals surface area (Å²) < 4.78 is 31.9. The second-order valence-electron chi connectivity index (χ2n) is 3.80. The number of methoxy groups -OCH3 is 1. The number of carbonyl (C=O) groups excluding carboxylic acids is 1. The van der Waals surface area contributed by atoms with E-state index < -0.39 is 17.6 Å². The van der Waals surface area contributed by atoms with E-state index in [1.54, 1.807) is 0 Å². The summed E-state index contributed by atoms with van der Waals surface area (Å²) in [7, 11) is 1.23. The second-order valence-corrected chi connectivity index (χ2v) is 3.80. The van der Waals surface area contributed by atoms with Gasteiger partial charge in [0.05, 0.1) is 12.7 Å². The van der Waals surface area contributed by atoms with Gasteiger partial charge >= 0.3 is 5.97 Å². The first-order valence-corrected chi connectivity index (χ1v) is 5.26. The molecule has 0 saturated heterocycles. The normalized spacial score (nSPS) is 10.4. The number of halogens is 2. The van der Waals surface area contributed by atoms with Crippen LogP contribution in [0.25, 0.3) is 11.1 Å². The molecule has 94 valence electrons. The highest BCUT2D eigenvalue weighted by atomic mass is 19.1. The summed E-state index contributed by atoms with van der Waals surface area (Å²) >= 11 is 0. The van der Waals surface area contributed by atoms with Crippen LogP contribution in [-0.4, -0.2) is 18.1 Å². The molecule has 1 aromatic carbocycles. The average Bonchev–Trinajstić information content (AvgIpc) is 2.82. The summed E-state index contributed by atoms with van der Waals surface area (Å²) in [5.74, 6) is -1.71. The fraction of sp³-hybridized carbons (Fsp3) is 0.154. The van der Waals surface area contributed by atoms with Gasteiger partial charge in [-0.3, -0.25) is 0 Å². The van der Waals surface area contributed by atoms with Crippen molar-refractivity contribution in [1.29, 1.82) is 0 Å². The third-order valence-electron chi connectivity index (χ3n) is 2.77. The van der Waals surface area contributed by atoms with Gasteiger partial charge in [-0.05, 0) is 24.6 Å². The number of hydrogen-bond acceptors (Lipinski definition) is 2. The van der Waals surface area contributed by atoms with Crippen molar-refractivity contribution < 1.29 is 18.3 Å². The Labute approximate surface area is 102 Å². The van der Waals surface area contributed by atoms with Crippen LogP contribution in [-0.2, 0) is 4.74 Å². The Morgan fingerprint density at radius 2 is 1.89 bits per heavy atom. The molecule has 0 fully saturated rings. The molecule has 18 heavy (non-hydrogen) atoms. The fourth-order valence-electron chi connectivity index (χ4n) is 1.83. The molecule has 0 aliphatic carbocycles. The third-order valence-corrected chi connectivity index (χ3v) is 2.77. The molecule has 0 aliphatic heterocycles. The van der Waals surface area contributed by atoms with Crippen molar-refractivity contribution in [2.75, 3.05) is 7.11 Å². The lowest BCUT2D eigenvalue weighted by molar-refractivity contribution is 0.0602. The lowest BCUT2D eigenvalue weighted by Crippen LogP contribution is -2.03. The largest absolute Gasteiger partial charge is 0.465 e. The number of esters is 1. The third kappa shape index (κ3) is 1.88. The molecule has 2 rings (SSSR count). The Bertz CT molecular complexity index is 605. The number of nitrogens with one attached hydrogen (secondary N) is 1. The lowest BCUT2D eigenvalue weighted by Gasteiger charge is -2.08. The Morgan fingerprint density at radius 1 is 1.22 bits per heavy atom. The molecule has 5 heteroatoms. The smallest absolute Gasteiger partial charge is 0.340 e. The molecule has 0 unspecified atom stereocenters. The number of benzene rings is 1. The van der Waals surface area contributed by atoms with Gasteiger partial charge in [0, 0.05) is 23.5 Å². The van der Waals surface area contributed by atoms with Crippen molar-refractivity contribution in [3.05, 3.63) is 47.3 Å². The van der Waals surface area contributed by atoms with Crippen molar-refractivity contribution in [3.63, 3.8) is 0 Å². The van der Waals surface area contributed by atoms with Gasteiger partial charge in [0.25, 0.3) is 0 Å². The molecule has 1 aromatic heterocycles. The maximum absolute atomic E-state index is 13.8. The summed E-state index contributed by atoms with van der Waals surface area (Å²) in [6, 6.07) is 2.09. The molecule has 2 aromatic rings. The van der Waals surface area contributed by atoms with E-state index >= 15 is 0 Å². The fourth-order valence-corrected chi connectivity index (χ4v) is 1.83. The Kier molecular flexibility index (Phi) is 3.14. The summed E-state index contributed by atoms with van der Waals surface area (Å²) in [6.45, 7) is 1.46. The second kappa shape index (κ2) is 4.60. The van der Waals surface area contributed by atoms with Crippen molar-refractivity contribution in [2.24, 2.45) is 0 Å². The van der Waals surface area contributed by atoms with Gasteiger partial charge in [-0.2, -0.15) is 0 Å². The molecule has 0 aliphatic rings. The SMILES string of the molecule is COC(=O)c1c[nH]cc1-c1c(F)ccc(F)c1C. The first kappa shape index (κ1) is 12.3. The zero-order chi connectivity index (χ0) is 13.3. The van der Waals surface area contributed by atoms with E-state index in [-0.39, 0.29) is 22.3 Å². The Hall–Kier alpha value is -2.17. The predicted octanol–water partition coefficient (Wildman–Crippen LogP) is 3.05. The van der Waals surface area contributed by atoms with Crippen LogP contribution in [0.4, 0.5) is 8.78 Å². The molecule has 0 bridgehead atoms. The van der Waals surface area contributed by atoms with Crippen molar-refractivity contribution in [1.82, 2.24) is 4.98 Å². The van der Waals surface area contributed by atoms with Gasteiger partial charge in [-0.15, -0.1) is 0 Å². The Morgan fingerprint density at radius 3 is 2.56 bits per heavy atom. The minimum atomic E-state index is -0.602. The first-order valence-electron chi connectivity index (χ1n) is 5.26. The monoisotopic (exact) mass is 251 g/mol. The van der Waals surface area contributed by atoms with Gasteiger partial charge in [0.1, 0.15) is 11.6 Å². The zero-order valence-electron chi connectivity index (χ0n) is 9.88. The van der Waals surface area contributed by atoms with Crippen LogP contribution in [0, 0.1) is 18.6 Å². The van der Waals surface area contributed by atoms with E-state index in [1.807, 2.05) is 0 Å². The molecule has 0 radical (unpaired) electrons. The van der Waals surface area contributed by atoms with Crippen LogP contribution in [0.5, 0.6) is 0 Å². The first-order chi connectivity index (χ1) is 8.56. The number of hydrogen-bond donors (Lipinski definition) is 1. The van der Waals surface area contributed by atoms with Crippen LogP contribution in [0.15, 0.2) is 24.5 Å². The number of aromatic nitrogens is 1. The number of aromatic amines is 1. The maximum Gasteiger partial charge on any atom is 0.340 e. The number of carbonyl (C=O) groups is 1. The summed E-state index contributed by atoms with van der Waals surface area (Å²) in [6.07, 6.45) is 2.84. The van der Waals surface area contributed by atoms with E-state index in [2.05, 4.69) is 9.72 Å². The number of rotatable bonds is 2. The number of ether oxygens (including phenoxy) is 1. The van der Waals surface area contributed by atoms with E-state index in [9.17, 15) is 13.6 Å². The van der Waals surface area contributed by atoms with Gasteiger partial charge in [0.2, 0.25) is 0 Å². The van der Waals surface area contributed by atoms with E-state index in [4.69, 9.17) is 0 Å².